The first-order chi connectivity index (χ1) is 17.4. The van der Waals surface area contributed by atoms with E-state index in [1.807, 2.05) is 6.07 Å². The topological polar surface area (TPSA) is 124 Å². The highest BCUT2D eigenvalue weighted by Crippen LogP contribution is 2.47. The molecular formula is C25H21N3O7S. The van der Waals surface area contributed by atoms with Crippen LogP contribution in [-0.2, 0) is 4.79 Å². The predicted molar refractivity (Wildman–Crippen MR) is 131 cm³/mol. The number of aliphatic hydroxyl groups is 1. The zero-order chi connectivity index (χ0) is 25.6. The molecule has 0 radical (unpaired) electrons. The quantitative estimate of drug-likeness (QED) is 0.362. The molecule has 0 aliphatic carbocycles. The number of amides is 1. The third-order valence-electron chi connectivity index (χ3n) is 5.83. The molecule has 1 unspecified atom stereocenters. The van der Waals surface area contributed by atoms with E-state index in [1.54, 1.807) is 43.3 Å². The number of aryl methyl sites for hydroxylation is 1. The van der Waals surface area contributed by atoms with Crippen molar-refractivity contribution < 1.29 is 33.3 Å². The van der Waals surface area contributed by atoms with Crippen LogP contribution in [0.3, 0.4) is 0 Å². The van der Waals surface area contributed by atoms with E-state index >= 15 is 0 Å². The number of benzene rings is 2. The molecule has 184 valence electrons. The molecule has 3 heterocycles. The molecule has 0 saturated heterocycles. The Morgan fingerprint density at radius 1 is 1.06 bits per heavy atom. The Morgan fingerprint density at radius 2 is 1.75 bits per heavy atom. The Balaban J connectivity index is 1.71. The molecule has 0 saturated carbocycles. The summed E-state index contributed by atoms with van der Waals surface area (Å²) < 4.78 is 22.1. The van der Waals surface area contributed by atoms with Crippen molar-refractivity contribution in [3.63, 3.8) is 0 Å². The largest absolute Gasteiger partial charge is 0.503 e. The highest BCUT2D eigenvalue weighted by Gasteiger charge is 2.47. The molecule has 36 heavy (non-hydrogen) atoms. The second-order valence-electron chi connectivity index (χ2n) is 7.88. The molecule has 10 nitrogen and oxygen atoms in total. The Kier molecular flexibility index (Phi) is 5.84. The molecule has 2 aromatic heterocycles. The number of fused-ring (bicyclic) bond motifs is 1. The van der Waals surface area contributed by atoms with Crippen LogP contribution >= 0.6 is 11.3 Å². The van der Waals surface area contributed by atoms with Crippen molar-refractivity contribution in [1.82, 2.24) is 10.2 Å². The molecule has 1 amide bonds. The Morgan fingerprint density at radius 3 is 2.33 bits per heavy atom. The molecule has 1 aliphatic rings. The molecule has 1 N–H and O–H groups in total. The number of anilines is 1. The van der Waals surface area contributed by atoms with Crippen molar-refractivity contribution in [2.75, 3.05) is 26.2 Å². The van der Waals surface area contributed by atoms with Gasteiger partial charge in [0.05, 0.1) is 32.9 Å². The Hall–Kier alpha value is -4.38. The highest BCUT2D eigenvalue weighted by atomic mass is 32.1. The smallest absolute Gasteiger partial charge is 0.296 e. The lowest BCUT2D eigenvalue weighted by molar-refractivity contribution is -0.117. The number of ketones is 1. The van der Waals surface area contributed by atoms with E-state index in [0.717, 1.165) is 11.3 Å². The number of hydrogen-bond acceptors (Lipinski definition) is 10. The number of rotatable bonds is 7. The van der Waals surface area contributed by atoms with E-state index in [9.17, 15) is 14.7 Å². The van der Waals surface area contributed by atoms with Gasteiger partial charge in [-0.25, -0.2) is 0 Å². The van der Waals surface area contributed by atoms with Gasteiger partial charge in [0.25, 0.3) is 5.91 Å². The van der Waals surface area contributed by atoms with E-state index < -0.39 is 23.5 Å². The van der Waals surface area contributed by atoms with Crippen molar-refractivity contribution in [3.8, 4) is 17.2 Å². The fourth-order valence-corrected chi connectivity index (χ4v) is 4.93. The number of carbonyl (C=O) groups is 2. The number of Topliss-reactive ketones (excluding diaryl/α,β-unsaturated/α-hetero) is 1. The van der Waals surface area contributed by atoms with E-state index in [2.05, 4.69) is 10.2 Å². The zero-order valence-electron chi connectivity index (χ0n) is 19.8. The molecule has 5 rings (SSSR count). The fraction of sp³-hybridized carbons (Fsp3) is 0.200. The average Bonchev–Trinajstić information content (AvgIpc) is 3.58. The molecule has 0 fully saturated rings. The summed E-state index contributed by atoms with van der Waals surface area (Å²) in [5, 5.41) is 20.6. The average molecular weight is 508 g/mol. The van der Waals surface area contributed by atoms with Crippen LogP contribution in [0.5, 0.6) is 17.2 Å². The van der Waals surface area contributed by atoms with Crippen LogP contribution in [0.4, 0.5) is 5.13 Å². The summed E-state index contributed by atoms with van der Waals surface area (Å²) in [4.78, 5) is 28.3. The first-order valence-corrected chi connectivity index (χ1v) is 11.6. The van der Waals surface area contributed by atoms with E-state index in [-0.39, 0.29) is 16.5 Å². The van der Waals surface area contributed by atoms with Gasteiger partial charge < -0.3 is 23.7 Å². The number of nitrogens with zero attached hydrogens (tertiary/aromatic N) is 3. The van der Waals surface area contributed by atoms with Gasteiger partial charge in [-0.05, 0) is 36.8 Å². The van der Waals surface area contributed by atoms with Gasteiger partial charge in [0, 0.05) is 5.39 Å². The lowest BCUT2D eigenvalue weighted by atomic mass is 9.94. The standard InChI is InChI=1S/C25H21N3O7S/c1-12-26-27-25(36-12)28-20(14-10-17(32-2)23(34-4)18(11-14)33-3)19(22(30)24(28)31)21(29)16-9-13-7-5-6-8-15(13)35-16/h5-11,20,30H,1-4H3. The van der Waals surface area contributed by atoms with Gasteiger partial charge >= 0.3 is 0 Å². The van der Waals surface area contributed by atoms with Crippen LogP contribution in [0.1, 0.15) is 27.2 Å². The summed E-state index contributed by atoms with van der Waals surface area (Å²) in [6.45, 7) is 1.74. The molecule has 0 spiro atoms. The van der Waals surface area contributed by atoms with Crippen molar-refractivity contribution in [1.29, 1.82) is 0 Å². The number of para-hydroxylation sites is 1. The Bertz CT molecular complexity index is 1480. The van der Waals surface area contributed by atoms with E-state index in [4.69, 9.17) is 18.6 Å². The van der Waals surface area contributed by atoms with Gasteiger partial charge in [-0.15, -0.1) is 10.2 Å². The molecule has 1 aliphatic heterocycles. The third kappa shape index (κ3) is 3.64. The SMILES string of the molecule is COc1cc(C2C(C(=O)c3cc4ccccc4o3)=C(O)C(=O)N2c2nnc(C)s2)cc(OC)c1OC. The van der Waals surface area contributed by atoms with Gasteiger partial charge in [0.2, 0.25) is 16.7 Å². The number of aliphatic hydroxyl groups excluding tert-OH is 1. The number of ether oxygens (including phenoxy) is 3. The minimum absolute atomic E-state index is 0.0155. The van der Waals surface area contributed by atoms with E-state index in [1.165, 1.54) is 26.2 Å². The number of carbonyl (C=O) groups excluding carboxylic acids is 2. The molecule has 0 bridgehead atoms. The lowest BCUT2D eigenvalue weighted by Crippen LogP contribution is -2.31. The fourth-order valence-electron chi connectivity index (χ4n) is 4.22. The third-order valence-corrected chi connectivity index (χ3v) is 6.66. The van der Waals surface area contributed by atoms with Gasteiger partial charge in [0.1, 0.15) is 10.6 Å². The maximum Gasteiger partial charge on any atom is 0.296 e. The van der Waals surface area contributed by atoms with Crippen LogP contribution in [0, 0.1) is 6.92 Å². The van der Waals surface area contributed by atoms with E-state index in [0.29, 0.717) is 38.8 Å². The number of aromatic nitrogens is 2. The van der Waals surface area contributed by atoms with Crippen molar-refractivity contribution >= 4 is 39.1 Å². The zero-order valence-corrected chi connectivity index (χ0v) is 20.6. The van der Waals surface area contributed by atoms with Crippen LogP contribution in [0.2, 0.25) is 0 Å². The summed E-state index contributed by atoms with van der Waals surface area (Å²) in [7, 11) is 4.39. The molecule has 11 heteroatoms. The minimum Gasteiger partial charge on any atom is -0.503 e. The molecule has 2 aromatic carbocycles. The maximum absolute atomic E-state index is 13.8. The normalized spacial score (nSPS) is 15.6. The monoisotopic (exact) mass is 507 g/mol. The lowest BCUT2D eigenvalue weighted by Gasteiger charge is -2.25. The maximum atomic E-state index is 13.8. The molecule has 4 aromatic rings. The van der Waals surface area contributed by atoms with Crippen LogP contribution in [0.25, 0.3) is 11.0 Å². The second kappa shape index (κ2) is 9.00. The van der Waals surface area contributed by atoms with Gasteiger partial charge in [-0.2, -0.15) is 0 Å². The first kappa shape index (κ1) is 23.4. The first-order valence-electron chi connectivity index (χ1n) is 10.8. The van der Waals surface area contributed by atoms with Crippen LogP contribution < -0.4 is 19.1 Å². The second-order valence-corrected chi connectivity index (χ2v) is 9.04. The minimum atomic E-state index is -1.07. The van der Waals surface area contributed by atoms with Crippen LogP contribution in [-0.4, -0.2) is 48.3 Å². The highest BCUT2D eigenvalue weighted by molar-refractivity contribution is 7.15. The van der Waals surface area contributed by atoms with Crippen molar-refractivity contribution in [3.05, 3.63) is 70.1 Å². The number of furan rings is 1. The summed E-state index contributed by atoms with van der Waals surface area (Å²) in [6, 6.07) is 10.9. The van der Waals surface area contributed by atoms with Crippen LogP contribution in [0.15, 0.2) is 58.2 Å². The van der Waals surface area contributed by atoms with Crippen molar-refractivity contribution in [2.45, 2.75) is 13.0 Å². The molecular weight excluding hydrogens is 486 g/mol. The summed E-state index contributed by atoms with van der Waals surface area (Å²) in [5.74, 6) is -1.18. The number of hydrogen-bond donors (Lipinski definition) is 1. The summed E-state index contributed by atoms with van der Waals surface area (Å²) >= 11 is 1.15. The van der Waals surface area contributed by atoms with Crippen molar-refractivity contribution in [2.24, 2.45) is 0 Å². The predicted octanol–water partition coefficient (Wildman–Crippen LogP) is 4.40. The molecule has 1 atom stereocenters. The van der Waals surface area contributed by atoms with Gasteiger partial charge in [-0.1, -0.05) is 29.5 Å². The van der Waals surface area contributed by atoms with Gasteiger partial charge in [0.15, 0.2) is 23.0 Å². The number of methoxy groups -OCH3 is 3. The Labute approximate surface area is 209 Å². The summed E-state index contributed by atoms with van der Waals surface area (Å²) in [6.07, 6.45) is 0. The van der Waals surface area contributed by atoms with Gasteiger partial charge in [-0.3, -0.25) is 14.5 Å². The summed E-state index contributed by atoms with van der Waals surface area (Å²) in [5.41, 5.74) is 0.765.